The van der Waals surface area contributed by atoms with Gasteiger partial charge in [0, 0.05) is 0 Å². The monoisotopic (exact) mass is 1060 g/mol. The number of fused-ring (bicyclic) bond motifs is 4. The van der Waals surface area contributed by atoms with Gasteiger partial charge in [-0.2, -0.15) is 0 Å². The van der Waals surface area contributed by atoms with Crippen LogP contribution < -0.4 is 60.9 Å². The summed E-state index contributed by atoms with van der Waals surface area (Å²) in [6.07, 6.45) is 0. The third-order valence-electron chi connectivity index (χ3n) is 15.1. The molecule has 0 atom stereocenters. The Hall–Kier alpha value is -7.66. The molecule has 0 saturated heterocycles. The minimum atomic E-state index is -3.53. The van der Waals surface area contributed by atoms with Crippen molar-refractivity contribution in [2.45, 2.75) is 0 Å². The normalized spacial score (nSPS) is 14.1. The first-order valence-corrected chi connectivity index (χ1v) is 34.8. The third kappa shape index (κ3) is 6.75. The van der Waals surface area contributed by atoms with Crippen molar-refractivity contribution in [1.29, 1.82) is 0 Å². The van der Waals surface area contributed by atoms with Gasteiger partial charge < -0.3 is 0 Å². The van der Waals surface area contributed by atoms with E-state index in [0.717, 1.165) is 27.3 Å². The predicted octanol–water partition coefficient (Wildman–Crippen LogP) is 9.65. The van der Waals surface area contributed by atoms with E-state index < -0.39 is 33.7 Å². The van der Waals surface area contributed by atoms with Gasteiger partial charge in [0.1, 0.15) is 0 Å². The number of para-hydroxylation sites is 4. The Kier molecular flexibility index (Phi) is 11.2. The second-order valence-electron chi connectivity index (χ2n) is 18.7. The molecule has 0 N–H and O–H groups in total. The number of anilines is 6. The predicted molar refractivity (Wildman–Crippen MR) is 310 cm³/mol. The van der Waals surface area contributed by atoms with Crippen LogP contribution in [-0.2, 0) is 4.57 Å². The van der Waals surface area contributed by atoms with E-state index in [1.807, 2.05) is 30.3 Å². The van der Waals surface area contributed by atoms with Gasteiger partial charge in [0.25, 0.3) is 0 Å². The molecule has 0 spiro atoms. The van der Waals surface area contributed by atoms with Gasteiger partial charge in [0.05, 0.1) is 0 Å². The molecule has 342 valence electrons. The number of hydrogen-bond acceptors (Lipinski definition) is 3. The molecule has 2 aliphatic heterocycles. The molecule has 2 aliphatic rings. The van der Waals surface area contributed by atoms with Crippen LogP contribution in [0.5, 0.6) is 0 Å². The van der Waals surface area contributed by atoms with Gasteiger partial charge in [0.2, 0.25) is 0 Å². The fourth-order valence-electron chi connectivity index (χ4n) is 12.1. The van der Waals surface area contributed by atoms with Crippen LogP contribution in [0, 0.1) is 0 Å². The number of rotatable bonds is 9. The molecule has 0 bridgehead atoms. The van der Waals surface area contributed by atoms with E-state index in [1.165, 1.54) is 57.9 Å². The summed E-state index contributed by atoms with van der Waals surface area (Å²) in [5.41, 5.74) is 6.81. The third-order valence-corrected chi connectivity index (χ3v) is 38.6. The van der Waals surface area contributed by atoms with E-state index in [0.29, 0.717) is 0 Å². The zero-order valence-electron chi connectivity index (χ0n) is 39.5. The molecule has 0 unspecified atom stereocenters. The van der Waals surface area contributed by atoms with Crippen LogP contribution in [0.25, 0.3) is 0 Å². The Morgan fingerprint density at radius 3 is 0.736 bits per heavy atom. The zero-order valence-corrected chi connectivity index (χ0v) is 44.6. The van der Waals surface area contributed by atoms with Crippen LogP contribution in [0.15, 0.2) is 297 Å². The average molecular weight is 1060 g/mol. The van der Waals surface area contributed by atoms with Crippen LogP contribution >= 0.6 is 7.14 Å². The SMILES string of the molecule is O=P(c1ccccc1)(c1ccc(N2c3cccc[c]3[Ge]([c]3ccccc3)([c]3ccccc3)[c]3ccccc32)cc1)c1ccc(N2c3cccc[c]3[Ge]([c]3ccccc3)([c]3ccccc3)[c]3ccccc32)cc1. The van der Waals surface area contributed by atoms with Crippen molar-refractivity contribution >= 4 is 119 Å². The van der Waals surface area contributed by atoms with Crippen molar-refractivity contribution in [1.82, 2.24) is 0 Å². The van der Waals surface area contributed by atoms with Crippen molar-refractivity contribution in [2.24, 2.45) is 0 Å². The zero-order chi connectivity index (χ0) is 48.1. The first-order valence-electron chi connectivity index (χ1n) is 24.7. The van der Waals surface area contributed by atoms with Gasteiger partial charge in [-0.05, 0) is 0 Å². The molecular weight excluding hydrogens is 1010 g/mol. The van der Waals surface area contributed by atoms with Crippen molar-refractivity contribution in [2.75, 3.05) is 9.80 Å². The van der Waals surface area contributed by atoms with Crippen LogP contribution in [0.4, 0.5) is 34.1 Å². The van der Waals surface area contributed by atoms with Crippen LogP contribution in [0.3, 0.4) is 0 Å². The standard InChI is InChI=1S/C66H49Ge2N2OP/c71-72(56-32-14-5-15-33-56,57-46-42-54(43-47-57)69-63-38-20-16-34-59(63)67(50-24-6-1-7-25-50,51-26-8-2-9-27-51)60-35-17-21-39-64(60)69)58-48-44-55(45-49-58)70-65-40-22-18-36-61(65)68(52-28-10-3-11-29-52,53-30-12-4-13-31-53)62-37-19-23-41-66(62)70/h1-49H. The van der Waals surface area contributed by atoms with Gasteiger partial charge >= 0.3 is 430 Å². The molecule has 0 aliphatic carbocycles. The summed E-state index contributed by atoms with van der Waals surface area (Å²) >= 11 is -7.07. The number of nitrogens with zero attached hydrogens (tertiary/aromatic N) is 2. The van der Waals surface area contributed by atoms with Crippen molar-refractivity contribution in [3.63, 3.8) is 0 Å². The Balaban J connectivity index is 0.925. The summed E-state index contributed by atoms with van der Waals surface area (Å²) in [7, 11) is -3.38. The van der Waals surface area contributed by atoms with E-state index in [2.05, 4.69) is 277 Å². The van der Waals surface area contributed by atoms with Gasteiger partial charge in [-0.3, -0.25) is 0 Å². The van der Waals surface area contributed by atoms with Crippen molar-refractivity contribution in [3.8, 4) is 0 Å². The van der Waals surface area contributed by atoms with E-state index in [-0.39, 0.29) is 0 Å². The Morgan fingerprint density at radius 2 is 0.458 bits per heavy atom. The fourth-order valence-corrected chi connectivity index (χ4v) is 36.1. The number of hydrogen-bond donors (Lipinski definition) is 0. The second kappa shape index (κ2) is 18.2. The average Bonchev–Trinajstić information content (AvgIpc) is 3.47. The van der Waals surface area contributed by atoms with Gasteiger partial charge in [-0.15, -0.1) is 0 Å². The fraction of sp³-hybridized carbons (Fsp3) is 0. The summed E-state index contributed by atoms with van der Waals surface area (Å²) in [6, 6.07) is 108. The van der Waals surface area contributed by atoms with Crippen molar-refractivity contribution < 1.29 is 4.57 Å². The van der Waals surface area contributed by atoms with Gasteiger partial charge in [-0.1, -0.05) is 0 Å². The molecule has 6 heteroatoms. The molecule has 13 rings (SSSR count). The van der Waals surface area contributed by atoms with Crippen LogP contribution in [-0.4, -0.2) is 26.5 Å². The molecule has 3 nitrogen and oxygen atoms in total. The summed E-state index contributed by atoms with van der Waals surface area (Å²) in [6.45, 7) is 0. The minimum absolute atomic E-state index is 0.793. The molecule has 11 aromatic rings. The summed E-state index contributed by atoms with van der Waals surface area (Å²) in [4.78, 5) is 4.85. The van der Waals surface area contributed by atoms with E-state index in [4.69, 9.17) is 0 Å². The maximum atomic E-state index is 16.4. The molecule has 2 heterocycles. The first kappa shape index (κ1) is 44.3. The Morgan fingerprint density at radius 1 is 0.236 bits per heavy atom. The Labute approximate surface area is 427 Å². The quantitative estimate of drug-likeness (QED) is 0.106. The van der Waals surface area contributed by atoms with Gasteiger partial charge in [-0.25, -0.2) is 0 Å². The molecule has 0 fully saturated rings. The summed E-state index contributed by atoms with van der Waals surface area (Å²) in [5.74, 6) is 0. The van der Waals surface area contributed by atoms with Crippen molar-refractivity contribution in [3.05, 3.63) is 297 Å². The molecule has 0 radical (unpaired) electrons. The van der Waals surface area contributed by atoms with E-state index in [9.17, 15) is 0 Å². The molecule has 0 aromatic heterocycles. The van der Waals surface area contributed by atoms with Gasteiger partial charge in [0.15, 0.2) is 0 Å². The first-order chi connectivity index (χ1) is 35.6. The maximum absolute atomic E-state index is 16.4. The second-order valence-corrected chi connectivity index (χ2v) is 37.1. The molecule has 0 amide bonds. The molecule has 0 saturated carbocycles. The van der Waals surface area contributed by atoms with E-state index in [1.54, 1.807) is 0 Å². The van der Waals surface area contributed by atoms with Crippen LogP contribution in [0.1, 0.15) is 0 Å². The summed E-state index contributed by atoms with van der Waals surface area (Å²) < 4.78 is 27.5. The van der Waals surface area contributed by atoms with Crippen LogP contribution in [0.2, 0.25) is 0 Å². The summed E-state index contributed by atoms with van der Waals surface area (Å²) in [5, 5.41) is 2.39. The molecular formula is C66H49Ge2N2OP. The molecule has 11 aromatic carbocycles. The topological polar surface area (TPSA) is 23.6 Å². The Bertz CT molecular complexity index is 3370. The van der Waals surface area contributed by atoms with E-state index >= 15 is 4.57 Å². The number of benzene rings is 11. The molecule has 72 heavy (non-hydrogen) atoms.